The molecule has 0 heterocycles. The number of allylic oxidation sites excluding steroid dienone is 20. The molecule has 0 aliphatic rings. The molecule has 0 rings (SSSR count). The summed E-state index contributed by atoms with van der Waals surface area (Å²) in [5.74, 6) is -0.630. The van der Waals surface area contributed by atoms with E-state index in [0.717, 1.165) is 83.5 Å². The summed E-state index contributed by atoms with van der Waals surface area (Å²) in [4.78, 5) is 33.9. The zero-order valence-electron chi connectivity index (χ0n) is 36.4. The minimum atomic E-state index is -4.45. The van der Waals surface area contributed by atoms with E-state index < -0.39 is 26.5 Å². The molecule has 3 N–H and O–H groups in total. The van der Waals surface area contributed by atoms with Crippen molar-refractivity contribution in [1.82, 2.24) is 5.32 Å². The predicted molar refractivity (Wildman–Crippen MR) is 247 cm³/mol. The van der Waals surface area contributed by atoms with E-state index in [0.29, 0.717) is 12.8 Å². The molecule has 0 aliphatic carbocycles. The molecule has 0 aliphatic heterocycles. The van der Waals surface area contributed by atoms with Crippen molar-refractivity contribution in [3.63, 3.8) is 0 Å². The number of hydrogen-bond acceptors (Lipinski definition) is 7. The normalized spacial score (nSPS) is 14.4. The third-order valence-corrected chi connectivity index (χ3v) is 9.36. The van der Waals surface area contributed by atoms with Crippen LogP contribution in [0.15, 0.2) is 122 Å². The monoisotopic (exact) mass is 840 g/mol. The maximum atomic E-state index is 12.1. The fraction of sp³-hybridized carbons (Fsp3) is 0.551. The fourth-order valence-electron chi connectivity index (χ4n) is 5.08. The van der Waals surface area contributed by atoms with Crippen LogP contribution in [0.2, 0.25) is 0 Å². The maximum Gasteiger partial charge on any atom is 0.472 e. The molecule has 2 unspecified atom stereocenters. The van der Waals surface area contributed by atoms with Gasteiger partial charge in [0.05, 0.1) is 13.2 Å². The minimum Gasteiger partial charge on any atom is -0.463 e. The Kier molecular flexibility index (Phi) is 41.3. The number of aliphatic hydroxyl groups is 1. The maximum absolute atomic E-state index is 12.1. The Hall–Kier alpha value is -3.59. The van der Waals surface area contributed by atoms with Crippen LogP contribution < -0.4 is 5.32 Å². The molecule has 0 fully saturated rings. The number of ether oxygens (including phenoxy) is 1. The Morgan fingerprint density at radius 2 is 0.966 bits per heavy atom. The van der Waals surface area contributed by atoms with E-state index in [2.05, 4.69) is 135 Å². The van der Waals surface area contributed by atoms with Crippen LogP contribution in [-0.4, -0.2) is 54.3 Å². The van der Waals surface area contributed by atoms with Crippen molar-refractivity contribution in [3.8, 4) is 0 Å². The predicted octanol–water partition coefficient (Wildman–Crippen LogP) is 12.5. The highest BCUT2D eigenvalue weighted by Crippen LogP contribution is 2.42. The van der Waals surface area contributed by atoms with E-state index in [4.69, 9.17) is 13.8 Å². The van der Waals surface area contributed by atoms with Crippen molar-refractivity contribution in [2.45, 2.75) is 148 Å². The Bertz CT molecular complexity index is 1370. The number of esters is 1. The van der Waals surface area contributed by atoms with Gasteiger partial charge in [0.1, 0.15) is 12.7 Å². The fourth-order valence-corrected chi connectivity index (χ4v) is 5.84. The largest absolute Gasteiger partial charge is 0.472 e. The van der Waals surface area contributed by atoms with E-state index in [1.165, 1.54) is 25.7 Å². The van der Waals surface area contributed by atoms with Crippen molar-refractivity contribution in [3.05, 3.63) is 122 Å². The van der Waals surface area contributed by atoms with Gasteiger partial charge in [-0.2, -0.15) is 0 Å². The van der Waals surface area contributed by atoms with E-state index in [9.17, 15) is 24.2 Å². The number of hydrogen-bond donors (Lipinski definition) is 3. The first-order valence-corrected chi connectivity index (χ1v) is 23.5. The van der Waals surface area contributed by atoms with Crippen LogP contribution in [0.5, 0.6) is 0 Å². The van der Waals surface area contributed by atoms with Crippen molar-refractivity contribution in [2.75, 3.05) is 26.4 Å². The standard InChI is InChI=1S/C49H78NO8P/c1-3-5-7-9-11-13-15-17-19-21-22-23-24-26-27-29-31-33-35-37-39-41-48(52)50-43-44-57-59(54,55)58-46-47(51)45-56-49(53)42-40-38-36-34-32-30-28-25-20-18-16-14-12-10-8-6-4-2/h5,7,11-14,17-20,22-23,26-28,30-31,33-34,36,47,51H,3-4,6,8-10,15-16,21,24-25,29,32,35,37-46H2,1-2H3,(H,50,52)(H,54,55)/b7-5-,13-11-,14-12-,19-17-,20-18-,23-22-,27-26-,30-28-,33-31-,36-34-. The third kappa shape index (κ3) is 45.3. The number of phosphoric ester groups is 1. The lowest BCUT2D eigenvalue weighted by Crippen LogP contribution is -2.27. The van der Waals surface area contributed by atoms with Gasteiger partial charge in [-0.05, 0) is 103 Å². The van der Waals surface area contributed by atoms with Gasteiger partial charge in [0.25, 0.3) is 0 Å². The van der Waals surface area contributed by atoms with Crippen LogP contribution >= 0.6 is 7.82 Å². The molecule has 1 amide bonds. The van der Waals surface area contributed by atoms with Crippen LogP contribution in [0, 0.1) is 0 Å². The third-order valence-electron chi connectivity index (χ3n) is 8.38. The van der Waals surface area contributed by atoms with Gasteiger partial charge in [-0.25, -0.2) is 4.57 Å². The highest BCUT2D eigenvalue weighted by atomic mass is 31.2. The summed E-state index contributed by atoms with van der Waals surface area (Å²) in [5.41, 5.74) is 0. The number of nitrogens with one attached hydrogen (secondary N) is 1. The SMILES string of the molecule is CC/C=C\C/C=C\C/C=C\C/C=C\C/C=C\C/C=C\CCCCC(=O)NCCOP(=O)(O)OCC(O)COC(=O)CCC/C=C\C/C=C\C/C=C\C/C=C\CCCCC. The number of amides is 1. The molecular formula is C49H78NO8P. The van der Waals surface area contributed by atoms with Crippen molar-refractivity contribution >= 4 is 19.7 Å². The molecule has 9 nitrogen and oxygen atoms in total. The van der Waals surface area contributed by atoms with Gasteiger partial charge in [-0.15, -0.1) is 0 Å². The summed E-state index contributed by atoms with van der Waals surface area (Å²) in [6, 6.07) is 0. The van der Waals surface area contributed by atoms with Gasteiger partial charge in [0, 0.05) is 19.4 Å². The van der Waals surface area contributed by atoms with Crippen LogP contribution in [-0.2, 0) is 27.9 Å². The second kappa shape index (κ2) is 44.0. The lowest BCUT2D eigenvalue weighted by Gasteiger charge is -2.15. The van der Waals surface area contributed by atoms with Gasteiger partial charge in [-0.3, -0.25) is 18.6 Å². The lowest BCUT2D eigenvalue weighted by atomic mass is 10.1. The first-order valence-electron chi connectivity index (χ1n) is 22.0. The van der Waals surface area contributed by atoms with Crippen molar-refractivity contribution in [1.29, 1.82) is 0 Å². The molecule has 59 heavy (non-hydrogen) atoms. The van der Waals surface area contributed by atoms with E-state index in [1.807, 2.05) is 6.08 Å². The summed E-state index contributed by atoms with van der Waals surface area (Å²) >= 11 is 0. The highest BCUT2D eigenvalue weighted by Gasteiger charge is 2.23. The summed E-state index contributed by atoms with van der Waals surface area (Å²) in [5, 5.41) is 12.7. The lowest BCUT2D eigenvalue weighted by molar-refractivity contribution is -0.147. The second-order valence-corrected chi connectivity index (χ2v) is 15.4. The average Bonchev–Trinajstić information content (AvgIpc) is 3.22. The van der Waals surface area contributed by atoms with Gasteiger partial charge < -0.3 is 20.1 Å². The summed E-state index contributed by atoms with van der Waals surface area (Å²) in [6.45, 7) is 3.26. The molecule has 0 saturated carbocycles. The minimum absolute atomic E-state index is 0.0428. The first kappa shape index (κ1) is 55.4. The zero-order valence-corrected chi connectivity index (χ0v) is 37.3. The van der Waals surface area contributed by atoms with Crippen LogP contribution in [0.25, 0.3) is 0 Å². The topological polar surface area (TPSA) is 131 Å². The molecule has 332 valence electrons. The molecular weight excluding hydrogens is 762 g/mol. The number of aliphatic hydroxyl groups excluding tert-OH is 1. The van der Waals surface area contributed by atoms with Gasteiger partial charge in [0.2, 0.25) is 5.91 Å². The first-order chi connectivity index (χ1) is 28.8. The Labute approximate surface area is 358 Å². The molecule has 2 atom stereocenters. The number of carbonyl (C=O) groups is 2. The Morgan fingerprint density at radius 3 is 1.42 bits per heavy atom. The van der Waals surface area contributed by atoms with Crippen molar-refractivity contribution < 1.29 is 37.9 Å². The molecule has 0 radical (unpaired) electrons. The Morgan fingerprint density at radius 1 is 0.542 bits per heavy atom. The summed E-state index contributed by atoms with van der Waals surface area (Å²) < 4.78 is 26.8. The van der Waals surface area contributed by atoms with Crippen LogP contribution in [0.4, 0.5) is 0 Å². The molecule has 0 spiro atoms. The Balaban J connectivity index is 3.78. The summed E-state index contributed by atoms with van der Waals surface area (Å²) in [7, 11) is -4.45. The molecule has 10 heteroatoms. The smallest absolute Gasteiger partial charge is 0.463 e. The van der Waals surface area contributed by atoms with Crippen LogP contribution in [0.3, 0.4) is 0 Å². The number of rotatable bonds is 39. The molecule has 0 bridgehead atoms. The van der Waals surface area contributed by atoms with E-state index >= 15 is 0 Å². The average molecular weight is 840 g/mol. The number of unbranched alkanes of at least 4 members (excludes halogenated alkanes) is 6. The van der Waals surface area contributed by atoms with Gasteiger partial charge >= 0.3 is 13.8 Å². The van der Waals surface area contributed by atoms with E-state index in [-0.39, 0.29) is 32.1 Å². The molecule has 0 aromatic heterocycles. The summed E-state index contributed by atoms with van der Waals surface area (Å²) in [6.07, 6.45) is 59.9. The van der Waals surface area contributed by atoms with Gasteiger partial charge in [0.15, 0.2) is 0 Å². The van der Waals surface area contributed by atoms with Gasteiger partial charge in [-0.1, -0.05) is 148 Å². The number of phosphoric acid groups is 1. The highest BCUT2D eigenvalue weighted by molar-refractivity contribution is 7.47. The second-order valence-electron chi connectivity index (χ2n) is 13.9. The van der Waals surface area contributed by atoms with E-state index in [1.54, 1.807) is 0 Å². The van der Waals surface area contributed by atoms with Crippen molar-refractivity contribution in [2.24, 2.45) is 0 Å². The quantitative estimate of drug-likeness (QED) is 0.0241. The number of carbonyl (C=O) groups excluding carboxylic acids is 2. The molecule has 0 aromatic carbocycles. The molecule has 0 saturated heterocycles. The zero-order chi connectivity index (χ0) is 43.2. The van der Waals surface area contributed by atoms with Crippen LogP contribution in [0.1, 0.15) is 142 Å². The molecule has 0 aromatic rings.